The molecule has 5 rings (SSSR count). The van der Waals surface area contributed by atoms with Crippen LogP contribution in [0.3, 0.4) is 0 Å². The topological polar surface area (TPSA) is 67.5 Å². The van der Waals surface area contributed by atoms with Crippen LogP contribution >= 0.6 is 11.8 Å². The van der Waals surface area contributed by atoms with Gasteiger partial charge in [0, 0.05) is 22.9 Å². The van der Waals surface area contributed by atoms with Gasteiger partial charge in [-0.1, -0.05) is 0 Å². The maximum Gasteiger partial charge on any atom is 0.272 e. The smallest absolute Gasteiger partial charge is 0.272 e. The van der Waals surface area contributed by atoms with Crippen molar-refractivity contribution in [1.82, 2.24) is 15.1 Å². The predicted octanol–water partition coefficient (Wildman–Crippen LogP) is 3.30. The van der Waals surface area contributed by atoms with E-state index in [-0.39, 0.29) is 12.7 Å². The average molecular weight is 371 g/mol. The molecule has 2 atom stereocenters. The van der Waals surface area contributed by atoms with Crippen molar-refractivity contribution < 1.29 is 14.3 Å². The molecule has 1 N–H and O–H groups in total. The van der Waals surface area contributed by atoms with E-state index in [0.29, 0.717) is 23.0 Å². The standard InChI is InChI=1S/C19H21N3O3S/c1-26-14-7-12-3-4-13(8-14)22(12)19(23)16-9-15(20-21-16)11-2-5-17-18(6-11)25-10-24-17/h2,5-6,9,12-14H,3-4,7-8,10H2,1H3,(H,20,21). The zero-order valence-electron chi connectivity index (χ0n) is 14.6. The lowest BCUT2D eigenvalue weighted by Gasteiger charge is -2.38. The zero-order valence-corrected chi connectivity index (χ0v) is 15.4. The van der Waals surface area contributed by atoms with E-state index in [1.807, 2.05) is 36.0 Å². The first-order valence-corrected chi connectivity index (χ1v) is 10.3. The average Bonchev–Trinajstić information content (AvgIpc) is 3.38. The third-order valence-corrected chi connectivity index (χ3v) is 6.79. The molecule has 2 bridgehead atoms. The minimum Gasteiger partial charge on any atom is -0.454 e. The van der Waals surface area contributed by atoms with E-state index >= 15 is 0 Å². The molecule has 7 heteroatoms. The van der Waals surface area contributed by atoms with Crippen LogP contribution in [0.5, 0.6) is 11.5 Å². The van der Waals surface area contributed by atoms with Gasteiger partial charge in [0.1, 0.15) is 5.69 Å². The number of H-pyrrole nitrogens is 1. The van der Waals surface area contributed by atoms with Gasteiger partial charge in [0.05, 0.1) is 5.69 Å². The van der Waals surface area contributed by atoms with Gasteiger partial charge in [0.25, 0.3) is 5.91 Å². The number of rotatable bonds is 3. The molecule has 2 aromatic rings. The number of benzene rings is 1. The lowest BCUT2D eigenvalue weighted by atomic mass is 10.0. The van der Waals surface area contributed by atoms with E-state index in [9.17, 15) is 4.79 Å². The summed E-state index contributed by atoms with van der Waals surface area (Å²) in [6, 6.07) is 8.31. The van der Waals surface area contributed by atoms with Crippen LogP contribution in [0.15, 0.2) is 24.3 Å². The molecular weight excluding hydrogens is 350 g/mol. The second-order valence-electron chi connectivity index (χ2n) is 7.16. The number of aromatic amines is 1. The maximum absolute atomic E-state index is 13.1. The Morgan fingerprint density at radius 2 is 1.96 bits per heavy atom. The quantitative estimate of drug-likeness (QED) is 0.897. The molecule has 3 aliphatic rings. The highest BCUT2D eigenvalue weighted by Crippen LogP contribution is 2.40. The van der Waals surface area contributed by atoms with E-state index in [1.54, 1.807) is 0 Å². The Bertz CT molecular complexity index is 838. The Labute approximate surface area is 156 Å². The summed E-state index contributed by atoms with van der Waals surface area (Å²) in [6.07, 6.45) is 6.63. The van der Waals surface area contributed by atoms with Crippen LogP contribution in [0.25, 0.3) is 11.3 Å². The van der Waals surface area contributed by atoms with Gasteiger partial charge in [-0.3, -0.25) is 9.89 Å². The minimum atomic E-state index is 0.0801. The Kier molecular flexibility index (Phi) is 3.85. The zero-order chi connectivity index (χ0) is 17.7. The molecule has 0 radical (unpaired) electrons. The van der Waals surface area contributed by atoms with Crippen LogP contribution in [-0.4, -0.2) is 51.4 Å². The van der Waals surface area contributed by atoms with E-state index in [0.717, 1.165) is 48.4 Å². The number of thioether (sulfide) groups is 1. The lowest BCUT2D eigenvalue weighted by Crippen LogP contribution is -2.47. The summed E-state index contributed by atoms with van der Waals surface area (Å²) in [6.45, 7) is 0.248. The van der Waals surface area contributed by atoms with Crippen LogP contribution in [0, 0.1) is 0 Å². The Morgan fingerprint density at radius 3 is 2.73 bits per heavy atom. The second kappa shape index (κ2) is 6.23. The largest absolute Gasteiger partial charge is 0.454 e. The summed E-state index contributed by atoms with van der Waals surface area (Å²) >= 11 is 1.93. The van der Waals surface area contributed by atoms with Gasteiger partial charge >= 0.3 is 0 Å². The van der Waals surface area contributed by atoms with Crippen LogP contribution in [-0.2, 0) is 0 Å². The van der Waals surface area contributed by atoms with Crippen LogP contribution in [0.1, 0.15) is 36.2 Å². The van der Waals surface area contributed by atoms with Gasteiger partial charge in [0.2, 0.25) is 6.79 Å². The Morgan fingerprint density at radius 1 is 1.19 bits per heavy atom. The number of carbonyl (C=O) groups is 1. The molecule has 0 aliphatic carbocycles. The van der Waals surface area contributed by atoms with Gasteiger partial charge in [-0.25, -0.2) is 0 Å². The number of nitrogens with zero attached hydrogens (tertiary/aromatic N) is 2. The summed E-state index contributed by atoms with van der Waals surface area (Å²) in [5, 5.41) is 7.98. The number of carbonyl (C=O) groups excluding carboxylic acids is 1. The van der Waals surface area contributed by atoms with Crippen molar-refractivity contribution in [2.24, 2.45) is 0 Å². The van der Waals surface area contributed by atoms with Crippen molar-refractivity contribution in [2.75, 3.05) is 13.0 Å². The molecule has 2 saturated heterocycles. The normalized spacial score (nSPS) is 26.3. The molecule has 2 fully saturated rings. The van der Waals surface area contributed by atoms with Crippen LogP contribution in [0.4, 0.5) is 0 Å². The number of fused-ring (bicyclic) bond motifs is 3. The first-order chi connectivity index (χ1) is 12.7. The molecule has 2 unspecified atom stereocenters. The first-order valence-electron chi connectivity index (χ1n) is 9.04. The van der Waals surface area contributed by atoms with Crippen molar-refractivity contribution in [2.45, 2.75) is 43.0 Å². The van der Waals surface area contributed by atoms with Crippen LogP contribution < -0.4 is 9.47 Å². The summed E-state index contributed by atoms with van der Waals surface area (Å²) in [4.78, 5) is 15.2. The fourth-order valence-corrected chi connectivity index (χ4v) is 5.25. The van der Waals surface area contributed by atoms with Crippen molar-refractivity contribution in [1.29, 1.82) is 0 Å². The molecule has 136 valence electrons. The van der Waals surface area contributed by atoms with E-state index in [1.165, 1.54) is 0 Å². The molecule has 0 spiro atoms. The van der Waals surface area contributed by atoms with Crippen molar-refractivity contribution >= 4 is 17.7 Å². The van der Waals surface area contributed by atoms with E-state index in [2.05, 4.69) is 21.4 Å². The highest BCUT2D eigenvalue weighted by Gasteiger charge is 2.43. The fourth-order valence-electron chi connectivity index (χ4n) is 4.43. The molecule has 1 aromatic heterocycles. The summed E-state index contributed by atoms with van der Waals surface area (Å²) < 4.78 is 10.8. The van der Waals surface area contributed by atoms with Crippen molar-refractivity contribution in [3.63, 3.8) is 0 Å². The number of ether oxygens (including phenoxy) is 2. The lowest BCUT2D eigenvalue weighted by molar-refractivity contribution is 0.0595. The first kappa shape index (κ1) is 16.1. The number of aromatic nitrogens is 2. The molecule has 3 aliphatic heterocycles. The van der Waals surface area contributed by atoms with Crippen LogP contribution in [0.2, 0.25) is 0 Å². The summed E-state index contributed by atoms with van der Waals surface area (Å²) in [5.74, 6) is 1.54. The van der Waals surface area contributed by atoms with Gasteiger partial charge in [0.15, 0.2) is 11.5 Å². The summed E-state index contributed by atoms with van der Waals surface area (Å²) in [7, 11) is 0. The Hall–Kier alpha value is -2.15. The molecule has 26 heavy (non-hydrogen) atoms. The number of hydrogen-bond acceptors (Lipinski definition) is 5. The Balaban J connectivity index is 1.38. The highest BCUT2D eigenvalue weighted by molar-refractivity contribution is 7.99. The van der Waals surface area contributed by atoms with E-state index in [4.69, 9.17) is 9.47 Å². The molecule has 6 nitrogen and oxygen atoms in total. The van der Waals surface area contributed by atoms with Gasteiger partial charge in [-0.15, -0.1) is 0 Å². The fraction of sp³-hybridized carbons (Fsp3) is 0.474. The minimum absolute atomic E-state index is 0.0801. The molecule has 4 heterocycles. The highest BCUT2D eigenvalue weighted by atomic mass is 32.2. The van der Waals surface area contributed by atoms with Gasteiger partial charge in [-0.05, 0) is 56.2 Å². The monoisotopic (exact) mass is 371 g/mol. The molecular formula is C19H21N3O3S. The number of hydrogen-bond donors (Lipinski definition) is 1. The van der Waals surface area contributed by atoms with Crippen molar-refractivity contribution in [3.05, 3.63) is 30.0 Å². The summed E-state index contributed by atoms with van der Waals surface area (Å²) in [5.41, 5.74) is 2.23. The number of piperidine rings is 1. The molecule has 1 amide bonds. The van der Waals surface area contributed by atoms with Crippen molar-refractivity contribution in [3.8, 4) is 22.8 Å². The molecule has 0 saturated carbocycles. The predicted molar refractivity (Wildman–Crippen MR) is 99.7 cm³/mol. The number of nitrogens with one attached hydrogen (secondary N) is 1. The third kappa shape index (κ3) is 2.57. The third-order valence-electron chi connectivity index (χ3n) is 5.73. The van der Waals surface area contributed by atoms with E-state index < -0.39 is 0 Å². The number of amides is 1. The van der Waals surface area contributed by atoms with Gasteiger partial charge in [-0.2, -0.15) is 16.9 Å². The SMILES string of the molecule is CSC1CC2CCC(C1)N2C(=O)c1cc(-c2ccc3c(c2)OCO3)n[nH]1. The second-order valence-corrected chi connectivity index (χ2v) is 8.30. The molecule has 1 aromatic carbocycles. The maximum atomic E-state index is 13.1. The van der Waals surface area contributed by atoms with Gasteiger partial charge < -0.3 is 14.4 Å².